The molecule has 104 valence electrons. The van der Waals surface area contributed by atoms with E-state index in [1.807, 2.05) is 18.2 Å². The van der Waals surface area contributed by atoms with Crippen LogP contribution in [0.1, 0.15) is 5.56 Å². The fourth-order valence-electron chi connectivity index (χ4n) is 1.67. The molecule has 0 spiro atoms. The third-order valence-electron chi connectivity index (χ3n) is 2.63. The molecular weight excluding hydrogens is 322 g/mol. The fourth-order valence-corrected chi connectivity index (χ4v) is 2.26. The van der Waals surface area contributed by atoms with Crippen molar-refractivity contribution < 1.29 is 9.53 Å². The number of nitrogens with two attached hydrogens (primary N) is 1. The van der Waals surface area contributed by atoms with Crippen LogP contribution in [-0.4, -0.2) is 18.0 Å². The maximum absolute atomic E-state index is 11.9. The second-order valence-corrected chi connectivity index (χ2v) is 5.02. The van der Waals surface area contributed by atoms with E-state index in [1.54, 1.807) is 19.2 Å². The zero-order chi connectivity index (χ0) is 14.5. The van der Waals surface area contributed by atoms with Crippen LogP contribution in [0.25, 0.3) is 0 Å². The van der Waals surface area contributed by atoms with Gasteiger partial charge in [-0.3, -0.25) is 4.79 Å². The summed E-state index contributed by atoms with van der Waals surface area (Å²) in [6.07, 6.45) is 1.76. The molecule has 0 saturated carbocycles. The zero-order valence-corrected chi connectivity index (χ0v) is 12.5. The van der Waals surface area contributed by atoms with Crippen LogP contribution in [0.4, 0.5) is 11.5 Å². The van der Waals surface area contributed by atoms with E-state index in [0.717, 1.165) is 15.8 Å². The lowest BCUT2D eigenvalue weighted by atomic mass is 10.1. The Morgan fingerprint density at radius 2 is 2.20 bits per heavy atom. The topological polar surface area (TPSA) is 77.2 Å². The van der Waals surface area contributed by atoms with Crippen LogP contribution in [0.5, 0.6) is 5.75 Å². The minimum atomic E-state index is -0.140. The van der Waals surface area contributed by atoms with Gasteiger partial charge < -0.3 is 15.8 Å². The third-order valence-corrected chi connectivity index (χ3v) is 3.25. The average molecular weight is 336 g/mol. The van der Waals surface area contributed by atoms with Crippen LogP contribution < -0.4 is 15.8 Å². The number of aromatic nitrogens is 1. The number of nitrogens with one attached hydrogen (secondary N) is 1. The summed E-state index contributed by atoms with van der Waals surface area (Å²) < 4.78 is 5.96. The van der Waals surface area contributed by atoms with Gasteiger partial charge in [0.05, 0.1) is 29.9 Å². The molecule has 0 radical (unpaired) electrons. The molecule has 20 heavy (non-hydrogen) atoms. The average Bonchev–Trinajstić information content (AvgIpc) is 2.41. The Balaban J connectivity index is 2.01. The number of nitrogen functional groups attached to an aromatic ring is 1. The number of nitrogens with zero attached hydrogens (tertiary/aromatic N) is 1. The van der Waals surface area contributed by atoms with Crippen LogP contribution in [0.3, 0.4) is 0 Å². The Hall–Kier alpha value is -2.08. The quantitative estimate of drug-likeness (QED) is 0.900. The van der Waals surface area contributed by atoms with Crippen LogP contribution in [-0.2, 0) is 11.2 Å². The van der Waals surface area contributed by atoms with Crippen LogP contribution >= 0.6 is 15.9 Å². The first kappa shape index (κ1) is 14.3. The van der Waals surface area contributed by atoms with Crippen molar-refractivity contribution in [3.8, 4) is 5.75 Å². The number of ether oxygens (including phenoxy) is 1. The standard InChI is InChI=1S/C14H14BrN3O2/c1-20-12-4-2-9(6-11(12)15)7-14(19)18-13-5-3-10(16)8-17-13/h2-6,8H,7,16H2,1H3,(H,17,18,19). The number of carbonyl (C=O) groups excluding carboxylic acids is 1. The first-order chi connectivity index (χ1) is 9.58. The SMILES string of the molecule is COc1ccc(CC(=O)Nc2ccc(N)cn2)cc1Br. The van der Waals surface area contributed by atoms with Gasteiger partial charge in [0.15, 0.2) is 0 Å². The summed E-state index contributed by atoms with van der Waals surface area (Å²) >= 11 is 3.39. The highest BCUT2D eigenvalue weighted by molar-refractivity contribution is 9.10. The molecule has 0 aliphatic rings. The van der Waals surface area contributed by atoms with Crippen molar-refractivity contribution in [2.75, 3.05) is 18.2 Å². The normalized spacial score (nSPS) is 10.1. The van der Waals surface area contributed by atoms with Gasteiger partial charge in [-0.15, -0.1) is 0 Å². The fraction of sp³-hybridized carbons (Fsp3) is 0.143. The van der Waals surface area contributed by atoms with E-state index >= 15 is 0 Å². The molecule has 2 rings (SSSR count). The van der Waals surface area contributed by atoms with Crippen LogP contribution in [0, 0.1) is 0 Å². The molecule has 1 heterocycles. The number of methoxy groups -OCH3 is 1. The monoisotopic (exact) mass is 335 g/mol. The second-order valence-electron chi connectivity index (χ2n) is 4.17. The molecule has 6 heteroatoms. The van der Waals surface area contributed by atoms with Crippen molar-refractivity contribution in [2.45, 2.75) is 6.42 Å². The van der Waals surface area contributed by atoms with Gasteiger partial charge in [0, 0.05) is 0 Å². The van der Waals surface area contributed by atoms with Gasteiger partial charge in [-0.25, -0.2) is 4.98 Å². The predicted octanol–water partition coefficient (Wildman–Crippen LogP) is 2.62. The number of hydrogen-bond donors (Lipinski definition) is 2. The summed E-state index contributed by atoms with van der Waals surface area (Å²) in [7, 11) is 1.60. The Morgan fingerprint density at radius 3 is 2.80 bits per heavy atom. The minimum absolute atomic E-state index is 0.140. The zero-order valence-electron chi connectivity index (χ0n) is 10.9. The van der Waals surface area contributed by atoms with E-state index in [0.29, 0.717) is 11.5 Å². The molecule has 0 atom stereocenters. The Kier molecular flexibility index (Phi) is 4.57. The molecule has 1 aromatic carbocycles. The number of pyridine rings is 1. The Labute approximate surface area is 125 Å². The molecular formula is C14H14BrN3O2. The number of carbonyl (C=O) groups is 1. The van der Waals surface area contributed by atoms with E-state index in [2.05, 4.69) is 26.2 Å². The van der Waals surface area contributed by atoms with Crippen molar-refractivity contribution in [1.82, 2.24) is 4.98 Å². The Morgan fingerprint density at radius 1 is 1.40 bits per heavy atom. The lowest BCUT2D eigenvalue weighted by molar-refractivity contribution is -0.115. The molecule has 5 nitrogen and oxygen atoms in total. The van der Waals surface area contributed by atoms with Crippen molar-refractivity contribution in [2.24, 2.45) is 0 Å². The predicted molar refractivity (Wildman–Crippen MR) is 81.7 cm³/mol. The summed E-state index contributed by atoms with van der Waals surface area (Å²) in [6, 6.07) is 8.87. The minimum Gasteiger partial charge on any atom is -0.496 e. The first-order valence-corrected chi connectivity index (χ1v) is 6.71. The molecule has 0 unspecified atom stereocenters. The summed E-state index contributed by atoms with van der Waals surface area (Å²) in [4.78, 5) is 15.9. The summed E-state index contributed by atoms with van der Waals surface area (Å²) in [5.74, 6) is 1.07. The van der Waals surface area contributed by atoms with E-state index < -0.39 is 0 Å². The summed E-state index contributed by atoms with van der Waals surface area (Å²) in [6.45, 7) is 0. The highest BCUT2D eigenvalue weighted by atomic mass is 79.9. The van der Waals surface area contributed by atoms with Crippen LogP contribution in [0.15, 0.2) is 41.0 Å². The third kappa shape index (κ3) is 3.71. The largest absolute Gasteiger partial charge is 0.496 e. The molecule has 0 saturated heterocycles. The number of rotatable bonds is 4. The van der Waals surface area contributed by atoms with Gasteiger partial charge in [0.2, 0.25) is 5.91 Å². The molecule has 2 aromatic rings. The van der Waals surface area contributed by atoms with Gasteiger partial charge in [-0.05, 0) is 45.8 Å². The van der Waals surface area contributed by atoms with E-state index in [4.69, 9.17) is 10.5 Å². The number of amides is 1. The summed E-state index contributed by atoms with van der Waals surface area (Å²) in [5, 5.41) is 2.71. The van der Waals surface area contributed by atoms with Crippen molar-refractivity contribution in [3.05, 3.63) is 46.6 Å². The lowest BCUT2D eigenvalue weighted by Gasteiger charge is -2.07. The van der Waals surface area contributed by atoms with E-state index in [-0.39, 0.29) is 12.3 Å². The molecule has 0 fully saturated rings. The highest BCUT2D eigenvalue weighted by Gasteiger charge is 2.07. The maximum Gasteiger partial charge on any atom is 0.229 e. The number of benzene rings is 1. The number of halogens is 1. The molecule has 1 aromatic heterocycles. The highest BCUT2D eigenvalue weighted by Crippen LogP contribution is 2.25. The van der Waals surface area contributed by atoms with Gasteiger partial charge >= 0.3 is 0 Å². The molecule has 0 aliphatic carbocycles. The number of hydrogen-bond acceptors (Lipinski definition) is 4. The molecule has 0 aliphatic heterocycles. The lowest BCUT2D eigenvalue weighted by Crippen LogP contribution is -2.15. The van der Waals surface area contributed by atoms with Gasteiger partial charge in [-0.1, -0.05) is 6.07 Å². The van der Waals surface area contributed by atoms with Crippen molar-refractivity contribution >= 4 is 33.3 Å². The van der Waals surface area contributed by atoms with E-state index in [9.17, 15) is 4.79 Å². The number of anilines is 2. The first-order valence-electron chi connectivity index (χ1n) is 5.92. The van der Waals surface area contributed by atoms with Gasteiger partial charge in [0.1, 0.15) is 11.6 Å². The maximum atomic E-state index is 11.9. The van der Waals surface area contributed by atoms with Gasteiger partial charge in [0.25, 0.3) is 0 Å². The smallest absolute Gasteiger partial charge is 0.229 e. The Bertz CT molecular complexity index is 614. The molecule has 3 N–H and O–H groups in total. The van der Waals surface area contributed by atoms with Gasteiger partial charge in [-0.2, -0.15) is 0 Å². The molecule has 0 bridgehead atoms. The molecule has 1 amide bonds. The summed E-state index contributed by atoms with van der Waals surface area (Å²) in [5.41, 5.74) is 6.97. The van der Waals surface area contributed by atoms with E-state index in [1.165, 1.54) is 6.20 Å². The second kappa shape index (κ2) is 6.38. The van der Waals surface area contributed by atoms with Crippen LogP contribution in [0.2, 0.25) is 0 Å². The van der Waals surface area contributed by atoms with Crippen molar-refractivity contribution in [1.29, 1.82) is 0 Å². The van der Waals surface area contributed by atoms with Crippen molar-refractivity contribution in [3.63, 3.8) is 0 Å².